The van der Waals surface area contributed by atoms with Gasteiger partial charge in [0.05, 0.1) is 36.3 Å². The Morgan fingerprint density at radius 1 is 0.861 bits per heavy atom. The number of likely N-dealkylation sites (tertiary alicyclic amines) is 1. The predicted molar refractivity (Wildman–Crippen MR) is 281 cm³/mol. The van der Waals surface area contributed by atoms with E-state index < -0.39 is 54.0 Å². The highest BCUT2D eigenvalue weighted by Gasteiger charge is 2.41. The van der Waals surface area contributed by atoms with Crippen LogP contribution in [-0.2, 0) is 39.9 Å². The number of nitrogens with one attached hydrogen (secondary N) is 5. The topological polar surface area (TPSA) is 292 Å². The molecule has 0 unspecified atom stereocenters. The average Bonchev–Trinajstić information content (AvgIpc) is 3.79. The molecule has 0 bridgehead atoms. The van der Waals surface area contributed by atoms with E-state index in [1.54, 1.807) is 57.2 Å². The minimum atomic E-state index is -0.931. The Kier molecular flexibility index (Phi) is 27.6. The van der Waals surface area contributed by atoms with E-state index in [0.717, 1.165) is 31.4 Å². The molecule has 1 fully saturated rings. The monoisotopic (exact) mass is 1010 g/mol. The maximum absolute atomic E-state index is 14.4. The Hall–Kier alpha value is -5.05. The molecule has 0 aromatic heterocycles. The van der Waals surface area contributed by atoms with Crippen LogP contribution >= 0.6 is 0 Å². The lowest BCUT2D eigenvalue weighted by atomic mass is 9.89. The Bertz CT molecular complexity index is 1910. The van der Waals surface area contributed by atoms with E-state index in [2.05, 4.69) is 55.4 Å². The highest BCUT2D eigenvalue weighted by molar-refractivity contribution is 5.98. The fraction of sp³-hybridized carbons (Fsp3) is 0.765. The summed E-state index contributed by atoms with van der Waals surface area (Å²) in [6.07, 6.45) is 3.28. The zero-order valence-electron chi connectivity index (χ0n) is 45.8. The van der Waals surface area contributed by atoms with E-state index in [4.69, 9.17) is 20.9 Å². The van der Waals surface area contributed by atoms with Crippen molar-refractivity contribution in [3.8, 4) is 0 Å². The summed E-state index contributed by atoms with van der Waals surface area (Å²) in [6, 6.07) is 2.55. The number of hydrogen-bond acceptors (Lipinski definition) is 12. The number of amides is 7. The summed E-state index contributed by atoms with van der Waals surface area (Å²) in [5.41, 5.74) is 21.7. The van der Waals surface area contributed by atoms with Gasteiger partial charge in [-0.3, -0.25) is 33.8 Å². The van der Waals surface area contributed by atoms with Gasteiger partial charge >= 0.3 is 6.03 Å². The van der Waals surface area contributed by atoms with Gasteiger partial charge in [-0.25, -0.2) is 4.79 Å². The van der Waals surface area contributed by atoms with E-state index in [9.17, 15) is 34.3 Å². The molecule has 0 aliphatic carbocycles. The van der Waals surface area contributed by atoms with Gasteiger partial charge in [0.2, 0.25) is 29.5 Å². The molecule has 1 aromatic carbocycles. The molecule has 1 heterocycles. The number of carbonyl (C=O) groups excluding carboxylic acids is 6. The van der Waals surface area contributed by atoms with Crippen molar-refractivity contribution >= 4 is 41.3 Å². The first-order valence-corrected chi connectivity index (χ1v) is 25.8. The first-order chi connectivity index (χ1) is 33.9. The molecule has 2 rings (SSSR count). The quantitative estimate of drug-likeness (QED) is 0.0234. The number of hydrogen-bond donors (Lipinski definition) is 7. The second-order valence-corrected chi connectivity index (χ2v) is 20.8. The summed E-state index contributed by atoms with van der Waals surface area (Å²) in [5, 5.41) is 18.0. The fourth-order valence-corrected chi connectivity index (χ4v) is 9.78. The Balaban J connectivity index is 2.21. The fourth-order valence-electron chi connectivity index (χ4n) is 9.78. The molecular weight excluding hydrogens is 923 g/mol. The number of ether oxygens (including phenoxy) is 2. The first kappa shape index (κ1) is 63.1. The van der Waals surface area contributed by atoms with Gasteiger partial charge < -0.3 is 52.4 Å². The third kappa shape index (κ3) is 19.4. The molecule has 11 atom stereocenters. The van der Waals surface area contributed by atoms with Crippen molar-refractivity contribution in [1.82, 2.24) is 36.0 Å². The zero-order valence-corrected chi connectivity index (χ0v) is 45.8. The lowest BCUT2D eigenvalue weighted by molar-refractivity contribution is -0.143. The van der Waals surface area contributed by atoms with Crippen molar-refractivity contribution in [2.75, 3.05) is 66.9 Å². The minimum Gasteiger partial charge on any atom is -0.379 e. The minimum absolute atomic E-state index is 0.00328. The molecule has 1 aromatic rings. The van der Waals surface area contributed by atoms with E-state index >= 15 is 0 Å². The molecule has 0 saturated carbocycles. The Morgan fingerprint density at radius 2 is 1.51 bits per heavy atom. The van der Waals surface area contributed by atoms with Crippen molar-refractivity contribution in [2.45, 2.75) is 162 Å². The molecule has 9 N–H and O–H groups in total. The number of urea groups is 1. The number of carbonyl (C=O) groups is 6. The van der Waals surface area contributed by atoms with Crippen LogP contribution in [-0.4, -0.2) is 166 Å². The van der Waals surface area contributed by atoms with Gasteiger partial charge in [0.1, 0.15) is 12.1 Å². The average molecular weight is 1010 g/mol. The SMILES string of the molecule is CC[C@H](C)[C@@H]([C@@H](CCN1CCC[C@H]1[C@H](OC)[C@@H](C)C(=O)N[C@H](CN=[N+]=[N-])Cc1ccc(NC(=O)[C@H](CCCNC(N)=O)NC(=O)[C@@H](N)C(C)C)cc1)OC)N(C)C(=O)[C@@H](NC(=O)[C@H](C(C)C)N(C)C)C(C)C. The highest BCUT2D eigenvalue weighted by Crippen LogP contribution is 2.29. The molecule has 0 spiro atoms. The number of azide groups is 1. The van der Waals surface area contributed by atoms with Crippen LogP contribution in [0.5, 0.6) is 0 Å². The molecule has 72 heavy (non-hydrogen) atoms. The number of anilines is 1. The van der Waals surface area contributed by atoms with Crippen molar-refractivity contribution in [1.29, 1.82) is 0 Å². The molecule has 21 heteroatoms. The number of nitrogens with two attached hydrogens (primary N) is 2. The molecule has 408 valence electrons. The van der Waals surface area contributed by atoms with Crippen molar-refractivity contribution < 1.29 is 38.2 Å². The van der Waals surface area contributed by atoms with Crippen LogP contribution in [0.3, 0.4) is 0 Å². The van der Waals surface area contributed by atoms with Gasteiger partial charge in [-0.2, -0.15) is 0 Å². The van der Waals surface area contributed by atoms with Gasteiger partial charge in [-0.15, -0.1) is 0 Å². The number of primary amides is 1. The molecule has 0 radical (unpaired) electrons. The lowest BCUT2D eigenvalue weighted by Crippen LogP contribution is -2.59. The van der Waals surface area contributed by atoms with Gasteiger partial charge in [0.25, 0.3) is 0 Å². The van der Waals surface area contributed by atoms with Crippen LogP contribution in [0.1, 0.15) is 106 Å². The first-order valence-electron chi connectivity index (χ1n) is 25.8. The number of likely N-dealkylation sites (N-methyl/N-ethyl adjacent to an activating group) is 2. The second kappa shape index (κ2) is 31.5. The van der Waals surface area contributed by atoms with E-state index in [0.29, 0.717) is 31.5 Å². The van der Waals surface area contributed by atoms with Crippen LogP contribution in [0.4, 0.5) is 10.5 Å². The molecule has 21 nitrogen and oxygen atoms in total. The molecular formula is C51H91N13O8. The van der Waals surface area contributed by atoms with Crippen LogP contribution in [0.25, 0.3) is 10.4 Å². The third-order valence-electron chi connectivity index (χ3n) is 14.1. The Morgan fingerprint density at radius 3 is 2.04 bits per heavy atom. The van der Waals surface area contributed by atoms with Crippen molar-refractivity contribution in [3.63, 3.8) is 0 Å². The zero-order chi connectivity index (χ0) is 54.4. The molecule has 1 aliphatic heterocycles. The normalized spacial score (nSPS) is 18.2. The summed E-state index contributed by atoms with van der Waals surface area (Å²) < 4.78 is 12.3. The van der Waals surface area contributed by atoms with Gasteiger partial charge in [-0.1, -0.05) is 86.0 Å². The summed E-state index contributed by atoms with van der Waals surface area (Å²) in [7, 11) is 8.84. The Labute approximate surface area is 429 Å². The van der Waals surface area contributed by atoms with Crippen LogP contribution < -0.4 is 38.1 Å². The number of methoxy groups -OCH3 is 2. The van der Waals surface area contributed by atoms with Crippen LogP contribution in [0.2, 0.25) is 0 Å². The van der Waals surface area contributed by atoms with Crippen molar-refractivity contribution in [2.24, 2.45) is 46.2 Å². The van der Waals surface area contributed by atoms with Crippen molar-refractivity contribution in [3.05, 3.63) is 40.3 Å². The molecule has 7 amide bonds. The summed E-state index contributed by atoms with van der Waals surface area (Å²) in [6.45, 7) is 19.2. The summed E-state index contributed by atoms with van der Waals surface area (Å²) in [4.78, 5) is 88.3. The number of benzene rings is 1. The standard InChI is InChI=1S/C51H91N13O8/c1-15-33(8)44(63(12)50(69)42(31(4)5)60-49(68)43(32(6)7)62(10)11)40(71-13)24-27-64-26-17-19-39(64)45(72-14)34(9)46(65)58-37(29-56-61-54)28-35-20-22-36(23-21-35)57-47(66)38(18-16-25-55-51(53)70)59-48(67)41(52)30(2)3/h20-23,30-34,37-45H,15-19,24-29,52H2,1-14H3,(H,57,66)(H,58,65)(H,59,67)(H,60,68)(H3,53,55,70)/t33-,34+,37-,38-,39-,40+,41-,42-,43-,44-,45+/m0/s1. The van der Waals surface area contributed by atoms with Crippen LogP contribution in [0.15, 0.2) is 29.4 Å². The van der Waals surface area contributed by atoms with Gasteiger partial charge in [0.15, 0.2) is 0 Å². The van der Waals surface area contributed by atoms with E-state index in [1.807, 2.05) is 60.7 Å². The highest BCUT2D eigenvalue weighted by atomic mass is 16.5. The molecule has 1 aliphatic rings. The summed E-state index contributed by atoms with van der Waals surface area (Å²) in [5.74, 6) is -2.26. The van der Waals surface area contributed by atoms with E-state index in [1.165, 1.54) is 0 Å². The second-order valence-electron chi connectivity index (χ2n) is 20.8. The predicted octanol–water partition coefficient (Wildman–Crippen LogP) is 4.00. The van der Waals surface area contributed by atoms with Crippen LogP contribution in [0, 0.1) is 29.6 Å². The maximum atomic E-state index is 14.4. The molecule has 1 saturated heterocycles. The van der Waals surface area contributed by atoms with Gasteiger partial charge in [-0.05, 0) is 106 Å². The lowest BCUT2D eigenvalue weighted by Gasteiger charge is -2.41. The number of rotatable bonds is 32. The smallest absolute Gasteiger partial charge is 0.312 e. The maximum Gasteiger partial charge on any atom is 0.312 e. The van der Waals surface area contributed by atoms with E-state index in [-0.39, 0.29) is 85.1 Å². The largest absolute Gasteiger partial charge is 0.379 e. The third-order valence-corrected chi connectivity index (χ3v) is 14.1. The van der Waals surface area contributed by atoms with Gasteiger partial charge in [0, 0.05) is 63.6 Å². The number of nitrogens with zero attached hydrogens (tertiary/aromatic N) is 6. The summed E-state index contributed by atoms with van der Waals surface area (Å²) >= 11 is 0.